The Bertz CT molecular complexity index is 571. The highest BCUT2D eigenvalue weighted by molar-refractivity contribution is 5.67. The van der Waals surface area contributed by atoms with E-state index in [9.17, 15) is 0 Å². The summed E-state index contributed by atoms with van der Waals surface area (Å²) in [4.78, 5) is 6.72. The van der Waals surface area contributed by atoms with Crippen LogP contribution in [-0.2, 0) is 0 Å². The predicted octanol–water partition coefficient (Wildman–Crippen LogP) is 3.28. The van der Waals surface area contributed by atoms with E-state index >= 15 is 0 Å². The van der Waals surface area contributed by atoms with E-state index in [1.54, 1.807) is 6.20 Å². The fraction of sp³-hybridized carbons (Fsp3) is 0.353. The molecule has 0 saturated carbocycles. The van der Waals surface area contributed by atoms with Gasteiger partial charge in [-0.25, -0.2) is 4.98 Å². The van der Waals surface area contributed by atoms with Gasteiger partial charge in [-0.2, -0.15) is 0 Å². The van der Waals surface area contributed by atoms with Crippen LogP contribution in [0.2, 0.25) is 0 Å². The van der Waals surface area contributed by atoms with Crippen molar-refractivity contribution in [3.8, 4) is 5.75 Å². The van der Waals surface area contributed by atoms with Crippen LogP contribution in [0.15, 0.2) is 42.6 Å². The van der Waals surface area contributed by atoms with Crippen LogP contribution in [0.5, 0.6) is 5.75 Å². The minimum Gasteiger partial charge on any atom is -0.490 e. The summed E-state index contributed by atoms with van der Waals surface area (Å²) in [6.45, 7) is 6.18. The van der Waals surface area contributed by atoms with Crippen LogP contribution in [-0.4, -0.2) is 24.7 Å². The van der Waals surface area contributed by atoms with Crippen LogP contribution in [0.1, 0.15) is 18.9 Å². The van der Waals surface area contributed by atoms with Gasteiger partial charge in [-0.3, -0.25) is 0 Å². The molecule has 0 bridgehead atoms. The Morgan fingerprint density at radius 3 is 2.71 bits per heavy atom. The summed E-state index contributed by atoms with van der Waals surface area (Å²) in [6, 6.07) is 12.2. The van der Waals surface area contributed by atoms with Gasteiger partial charge in [0.1, 0.15) is 0 Å². The zero-order valence-corrected chi connectivity index (χ0v) is 12.7. The number of pyridine rings is 1. The van der Waals surface area contributed by atoms with Gasteiger partial charge in [0.05, 0.1) is 6.61 Å². The first kappa shape index (κ1) is 15.3. The summed E-state index contributed by atoms with van der Waals surface area (Å²) in [6.07, 6.45) is 2.70. The van der Waals surface area contributed by atoms with Crippen molar-refractivity contribution in [1.29, 1.82) is 0 Å². The zero-order chi connectivity index (χ0) is 15.1. The average Bonchev–Trinajstić information content (AvgIpc) is 2.51. The molecule has 1 aromatic heterocycles. The van der Waals surface area contributed by atoms with E-state index in [4.69, 9.17) is 10.5 Å². The Labute approximate surface area is 126 Å². The number of aromatic nitrogens is 1. The fourth-order valence-corrected chi connectivity index (χ4v) is 2.31. The molecule has 0 aliphatic rings. The molecule has 2 N–H and O–H groups in total. The maximum Gasteiger partial charge on any atom is 0.175 e. The quantitative estimate of drug-likeness (QED) is 0.848. The minimum atomic E-state index is 0.622. The number of rotatable bonds is 7. The number of ether oxygens (including phenoxy) is 1. The molecular formula is C17H23N3O. The molecule has 2 rings (SSSR count). The molecule has 21 heavy (non-hydrogen) atoms. The number of nitrogens with zero attached hydrogens (tertiary/aromatic N) is 2. The lowest BCUT2D eigenvalue weighted by Crippen LogP contribution is -2.23. The molecule has 0 radical (unpaired) electrons. The zero-order valence-electron chi connectivity index (χ0n) is 12.7. The van der Waals surface area contributed by atoms with Crippen LogP contribution in [0.3, 0.4) is 0 Å². The van der Waals surface area contributed by atoms with E-state index in [1.165, 1.54) is 5.56 Å². The summed E-state index contributed by atoms with van der Waals surface area (Å²) < 4.78 is 5.72. The van der Waals surface area contributed by atoms with Gasteiger partial charge in [0.15, 0.2) is 11.6 Å². The molecule has 1 aromatic carbocycles. The first-order chi connectivity index (χ1) is 10.3. The highest BCUT2D eigenvalue weighted by Gasteiger charge is 2.16. The number of hydrogen-bond acceptors (Lipinski definition) is 4. The molecule has 1 heterocycles. The van der Waals surface area contributed by atoms with E-state index < -0.39 is 0 Å². The fourth-order valence-electron chi connectivity index (χ4n) is 2.31. The SMILES string of the molecule is CCOc1cccnc1N(CCCN)c1ccccc1C. The molecule has 0 spiro atoms. The number of aryl methyl sites for hydroxylation is 1. The maximum absolute atomic E-state index is 5.72. The second-order valence-corrected chi connectivity index (χ2v) is 4.84. The number of hydrogen-bond donors (Lipinski definition) is 1. The summed E-state index contributed by atoms with van der Waals surface area (Å²) in [5.41, 5.74) is 8.04. The third kappa shape index (κ3) is 3.73. The summed E-state index contributed by atoms with van der Waals surface area (Å²) in [7, 11) is 0. The molecule has 0 fully saturated rings. The van der Waals surface area contributed by atoms with E-state index in [2.05, 4.69) is 28.9 Å². The van der Waals surface area contributed by atoms with Crippen molar-refractivity contribution in [2.24, 2.45) is 5.73 Å². The molecule has 0 saturated heterocycles. The Kier molecular flexibility index (Phi) is 5.58. The molecular weight excluding hydrogens is 262 g/mol. The summed E-state index contributed by atoms with van der Waals surface area (Å²) in [5, 5.41) is 0. The standard InChI is InChI=1S/C17H23N3O/c1-3-21-16-10-6-12-19-17(16)20(13-7-11-18)15-9-5-4-8-14(15)2/h4-6,8-10,12H,3,7,11,13,18H2,1-2H3. The molecule has 4 heteroatoms. The van der Waals surface area contributed by atoms with E-state index in [-0.39, 0.29) is 0 Å². The smallest absolute Gasteiger partial charge is 0.175 e. The second-order valence-electron chi connectivity index (χ2n) is 4.84. The molecule has 0 unspecified atom stereocenters. The highest BCUT2D eigenvalue weighted by Crippen LogP contribution is 2.33. The molecule has 4 nitrogen and oxygen atoms in total. The first-order valence-corrected chi connectivity index (χ1v) is 7.39. The van der Waals surface area contributed by atoms with Gasteiger partial charge in [-0.15, -0.1) is 0 Å². The molecule has 0 amide bonds. The molecule has 0 aliphatic heterocycles. The third-order valence-corrected chi connectivity index (χ3v) is 3.30. The van der Waals surface area contributed by atoms with Crippen LogP contribution in [0, 0.1) is 6.92 Å². The number of benzene rings is 1. The predicted molar refractivity (Wildman–Crippen MR) is 87.3 cm³/mol. The normalized spacial score (nSPS) is 10.4. The van der Waals surface area contributed by atoms with Crippen LogP contribution in [0.25, 0.3) is 0 Å². The minimum absolute atomic E-state index is 0.622. The Morgan fingerprint density at radius 1 is 1.19 bits per heavy atom. The number of nitrogens with two attached hydrogens (primary N) is 1. The van der Waals surface area contributed by atoms with Crippen molar-refractivity contribution in [1.82, 2.24) is 4.98 Å². The van der Waals surface area contributed by atoms with Crippen molar-refractivity contribution in [2.75, 3.05) is 24.6 Å². The van der Waals surface area contributed by atoms with Gasteiger partial charge in [-0.1, -0.05) is 18.2 Å². The Morgan fingerprint density at radius 2 is 2.00 bits per heavy atom. The molecule has 0 aliphatic carbocycles. The van der Waals surface area contributed by atoms with Crippen LogP contribution in [0.4, 0.5) is 11.5 Å². The molecule has 112 valence electrons. The van der Waals surface area contributed by atoms with Gasteiger partial charge in [-0.05, 0) is 50.6 Å². The van der Waals surface area contributed by atoms with E-state index in [0.29, 0.717) is 13.2 Å². The van der Waals surface area contributed by atoms with Gasteiger partial charge in [0.2, 0.25) is 0 Å². The molecule has 2 aromatic rings. The summed E-state index contributed by atoms with van der Waals surface area (Å²) in [5.74, 6) is 1.65. The number of para-hydroxylation sites is 1. The van der Waals surface area contributed by atoms with Gasteiger partial charge in [0, 0.05) is 18.4 Å². The topological polar surface area (TPSA) is 51.4 Å². The first-order valence-electron chi connectivity index (χ1n) is 7.39. The Balaban J connectivity index is 2.43. The highest BCUT2D eigenvalue weighted by atomic mass is 16.5. The van der Waals surface area contributed by atoms with Crippen molar-refractivity contribution < 1.29 is 4.74 Å². The van der Waals surface area contributed by atoms with E-state index in [0.717, 1.165) is 30.2 Å². The Hall–Kier alpha value is -2.07. The lowest BCUT2D eigenvalue weighted by molar-refractivity contribution is 0.339. The van der Waals surface area contributed by atoms with Crippen molar-refractivity contribution in [3.63, 3.8) is 0 Å². The van der Waals surface area contributed by atoms with Crippen molar-refractivity contribution in [2.45, 2.75) is 20.3 Å². The van der Waals surface area contributed by atoms with Crippen LogP contribution < -0.4 is 15.4 Å². The average molecular weight is 285 g/mol. The largest absolute Gasteiger partial charge is 0.490 e. The molecule has 0 atom stereocenters. The third-order valence-electron chi connectivity index (χ3n) is 3.30. The summed E-state index contributed by atoms with van der Waals surface area (Å²) >= 11 is 0. The van der Waals surface area contributed by atoms with Crippen molar-refractivity contribution in [3.05, 3.63) is 48.2 Å². The monoisotopic (exact) mass is 285 g/mol. The second kappa shape index (κ2) is 7.64. The lowest BCUT2D eigenvalue weighted by Gasteiger charge is -2.27. The van der Waals surface area contributed by atoms with E-state index in [1.807, 2.05) is 31.2 Å². The van der Waals surface area contributed by atoms with Gasteiger partial charge in [0.25, 0.3) is 0 Å². The van der Waals surface area contributed by atoms with Crippen molar-refractivity contribution >= 4 is 11.5 Å². The lowest BCUT2D eigenvalue weighted by atomic mass is 10.1. The van der Waals surface area contributed by atoms with Gasteiger partial charge >= 0.3 is 0 Å². The maximum atomic E-state index is 5.72. The van der Waals surface area contributed by atoms with Gasteiger partial charge < -0.3 is 15.4 Å². The van der Waals surface area contributed by atoms with Crippen LogP contribution >= 0.6 is 0 Å². The number of anilines is 2.